The smallest absolute Gasteiger partial charge is 0.302 e. The van der Waals surface area contributed by atoms with Gasteiger partial charge in [-0.15, -0.1) is 0 Å². The number of benzene rings is 2. The van der Waals surface area contributed by atoms with Gasteiger partial charge in [-0.1, -0.05) is 49.1 Å². The molecule has 86 valence electrons. The summed E-state index contributed by atoms with van der Waals surface area (Å²) in [4.78, 5) is 10.8. The number of hydrogen-bond acceptors (Lipinski definition) is 2. The molecule has 2 aromatic carbocycles. The summed E-state index contributed by atoms with van der Waals surface area (Å²) in [6.45, 7) is 5.53. The lowest BCUT2D eigenvalue weighted by molar-refractivity contribution is -0.142. The van der Waals surface area contributed by atoms with Gasteiger partial charge in [-0.05, 0) is 21.9 Å². The Balaban J connectivity index is 2.50. The van der Waals surface area contributed by atoms with Crippen molar-refractivity contribution in [2.24, 2.45) is 0 Å². The van der Waals surface area contributed by atoms with Crippen molar-refractivity contribution in [3.05, 3.63) is 54.1 Å². The summed E-state index contributed by atoms with van der Waals surface area (Å²) in [6, 6.07) is 12.0. The van der Waals surface area contributed by atoms with E-state index in [0.29, 0.717) is 6.61 Å². The van der Waals surface area contributed by atoms with Crippen LogP contribution in [-0.2, 0) is 16.1 Å². The van der Waals surface area contributed by atoms with E-state index in [-0.39, 0.29) is 5.97 Å². The van der Waals surface area contributed by atoms with Crippen molar-refractivity contribution in [1.82, 2.24) is 0 Å². The van der Waals surface area contributed by atoms with Crippen molar-refractivity contribution in [3.63, 3.8) is 0 Å². The molecule has 0 radical (unpaired) electrons. The fourth-order valence-corrected chi connectivity index (χ4v) is 1.87. The Kier molecular flexibility index (Phi) is 3.24. The van der Waals surface area contributed by atoms with E-state index in [0.717, 1.165) is 21.9 Å². The Morgan fingerprint density at radius 1 is 1.24 bits per heavy atom. The summed E-state index contributed by atoms with van der Waals surface area (Å²) in [7, 11) is 0. The van der Waals surface area contributed by atoms with Crippen LogP contribution < -0.4 is 0 Å². The van der Waals surface area contributed by atoms with Gasteiger partial charge in [0.1, 0.15) is 6.61 Å². The summed E-state index contributed by atoms with van der Waals surface area (Å²) in [5.74, 6) is -0.262. The van der Waals surface area contributed by atoms with Gasteiger partial charge in [-0.3, -0.25) is 4.79 Å². The first-order valence-corrected chi connectivity index (χ1v) is 5.49. The summed E-state index contributed by atoms with van der Waals surface area (Å²) in [6.07, 6.45) is 1.83. The molecule has 0 saturated heterocycles. The first kappa shape index (κ1) is 11.4. The molecule has 0 atom stereocenters. The highest BCUT2D eigenvalue weighted by Crippen LogP contribution is 2.24. The van der Waals surface area contributed by atoms with Crippen LogP contribution in [-0.4, -0.2) is 5.97 Å². The maximum Gasteiger partial charge on any atom is 0.302 e. The molecule has 0 N–H and O–H groups in total. The quantitative estimate of drug-likeness (QED) is 0.748. The van der Waals surface area contributed by atoms with Gasteiger partial charge < -0.3 is 4.74 Å². The van der Waals surface area contributed by atoms with Crippen LogP contribution in [0.1, 0.15) is 18.1 Å². The van der Waals surface area contributed by atoms with Gasteiger partial charge in [0.25, 0.3) is 0 Å². The molecular weight excluding hydrogens is 212 g/mol. The molecule has 0 heterocycles. The number of rotatable bonds is 3. The fourth-order valence-electron chi connectivity index (χ4n) is 1.87. The standard InChI is InChI=1S/C15H14O2/c1-3-12-8-9-13(10-17-11(2)16)15-7-5-4-6-14(12)15/h3-9H,1,10H2,2H3. The molecule has 0 unspecified atom stereocenters. The minimum absolute atomic E-state index is 0.262. The number of fused-ring (bicyclic) bond motifs is 1. The average Bonchev–Trinajstić information content (AvgIpc) is 2.35. The van der Waals surface area contributed by atoms with Crippen LogP contribution in [0, 0.1) is 0 Å². The zero-order valence-corrected chi connectivity index (χ0v) is 9.77. The van der Waals surface area contributed by atoms with E-state index < -0.39 is 0 Å². The molecule has 0 aromatic heterocycles. The number of carbonyl (C=O) groups is 1. The molecule has 0 spiro atoms. The molecule has 17 heavy (non-hydrogen) atoms. The second kappa shape index (κ2) is 4.83. The van der Waals surface area contributed by atoms with E-state index in [1.807, 2.05) is 42.5 Å². The summed E-state index contributed by atoms with van der Waals surface area (Å²) < 4.78 is 5.04. The molecule has 2 nitrogen and oxygen atoms in total. The molecule has 2 rings (SSSR count). The van der Waals surface area contributed by atoms with E-state index >= 15 is 0 Å². The SMILES string of the molecule is C=Cc1ccc(COC(C)=O)c2ccccc12. The third-order valence-corrected chi connectivity index (χ3v) is 2.70. The minimum atomic E-state index is -0.262. The van der Waals surface area contributed by atoms with Crippen LogP contribution in [0.25, 0.3) is 16.8 Å². The summed E-state index contributed by atoms with van der Waals surface area (Å²) >= 11 is 0. The number of ether oxygens (including phenoxy) is 1. The van der Waals surface area contributed by atoms with Crippen molar-refractivity contribution in [2.45, 2.75) is 13.5 Å². The van der Waals surface area contributed by atoms with Gasteiger partial charge in [0, 0.05) is 6.92 Å². The second-order valence-electron chi connectivity index (χ2n) is 3.84. The molecule has 0 amide bonds. The second-order valence-corrected chi connectivity index (χ2v) is 3.84. The molecular formula is C15H14O2. The van der Waals surface area contributed by atoms with Gasteiger partial charge in [-0.25, -0.2) is 0 Å². The molecule has 0 aliphatic rings. The lowest BCUT2D eigenvalue weighted by Gasteiger charge is -2.09. The van der Waals surface area contributed by atoms with Crippen LogP contribution in [0.15, 0.2) is 43.0 Å². The molecule has 0 saturated carbocycles. The van der Waals surface area contributed by atoms with Gasteiger partial charge in [-0.2, -0.15) is 0 Å². The molecule has 0 aliphatic carbocycles. The van der Waals surface area contributed by atoms with E-state index in [4.69, 9.17) is 4.74 Å². The van der Waals surface area contributed by atoms with Crippen molar-refractivity contribution >= 4 is 22.8 Å². The average molecular weight is 226 g/mol. The van der Waals surface area contributed by atoms with Gasteiger partial charge in [0.2, 0.25) is 0 Å². The Morgan fingerprint density at radius 2 is 1.94 bits per heavy atom. The Hall–Kier alpha value is -2.09. The monoisotopic (exact) mass is 226 g/mol. The van der Waals surface area contributed by atoms with Crippen molar-refractivity contribution in [3.8, 4) is 0 Å². The number of carbonyl (C=O) groups excluding carboxylic acids is 1. The molecule has 0 aliphatic heterocycles. The topological polar surface area (TPSA) is 26.3 Å². The third kappa shape index (κ3) is 2.36. The highest BCUT2D eigenvalue weighted by Gasteiger charge is 2.04. The van der Waals surface area contributed by atoms with Crippen molar-refractivity contribution in [1.29, 1.82) is 0 Å². The first-order valence-electron chi connectivity index (χ1n) is 5.49. The van der Waals surface area contributed by atoms with Crippen LogP contribution in [0.2, 0.25) is 0 Å². The van der Waals surface area contributed by atoms with E-state index in [1.54, 1.807) is 0 Å². The minimum Gasteiger partial charge on any atom is -0.461 e. The molecule has 2 aromatic rings. The maximum absolute atomic E-state index is 10.8. The summed E-state index contributed by atoms with van der Waals surface area (Å²) in [5.41, 5.74) is 2.11. The maximum atomic E-state index is 10.8. The predicted molar refractivity (Wildman–Crippen MR) is 69.5 cm³/mol. The van der Waals surface area contributed by atoms with Crippen LogP contribution in [0.4, 0.5) is 0 Å². The largest absolute Gasteiger partial charge is 0.461 e. The van der Waals surface area contributed by atoms with Gasteiger partial charge in [0.15, 0.2) is 0 Å². The van der Waals surface area contributed by atoms with Crippen molar-refractivity contribution in [2.75, 3.05) is 0 Å². The zero-order chi connectivity index (χ0) is 12.3. The Bertz CT molecular complexity index is 570. The van der Waals surface area contributed by atoms with Crippen LogP contribution in [0.3, 0.4) is 0 Å². The van der Waals surface area contributed by atoms with Crippen LogP contribution >= 0.6 is 0 Å². The highest BCUT2D eigenvalue weighted by atomic mass is 16.5. The molecule has 0 fully saturated rings. The van der Waals surface area contributed by atoms with Gasteiger partial charge in [0.05, 0.1) is 0 Å². The van der Waals surface area contributed by atoms with Crippen molar-refractivity contribution < 1.29 is 9.53 Å². The predicted octanol–water partition coefficient (Wildman–Crippen LogP) is 3.55. The number of esters is 1. The molecule has 0 bridgehead atoms. The van der Waals surface area contributed by atoms with E-state index in [1.165, 1.54) is 6.92 Å². The third-order valence-electron chi connectivity index (χ3n) is 2.70. The lowest BCUT2D eigenvalue weighted by atomic mass is 10.00. The fraction of sp³-hybridized carbons (Fsp3) is 0.133. The first-order chi connectivity index (χ1) is 8.22. The zero-order valence-electron chi connectivity index (χ0n) is 9.77. The summed E-state index contributed by atoms with van der Waals surface area (Å²) in [5, 5.41) is 2.23. The van der Waals surface area contributed by atoms with Gasteiger partial charge >= 0.3 is 5.97 Å². The van der Waals surface area contributed by atoms with Crippen LogP contribution in [0.5, 0.6) is 0 Å². The lowest BCUT2D eigenvalue weighted by Crippen LogP contribution is -1.99. The Labute approximate surface area is 101 Å². The highest BCUT2D eigenvalue weighted by molar-refractivity contribution is 5.92. The number of hydrogen-bond donors (Lipinski definition) is 0. The molecule has 2 heteroatoms. The normalized spacial score (nSPS) is 10.2. The van der Waals surface area contributed by atoms with E-state index in [2.05, 4.69) is 6.58 Å². The van der Waals surface area contributed by atoms with E-state index in [9.17, 15) is 4.79 Å². The Morgan fingerprint density at radius 3 is 2.59 bits per heavy atom.